The van der Waals surface area contributed by atoms with Crippen LogP contribution in [-0.4, -0.2) is 20.0 Å². The van der Waals surface area contributed by atoms with Crippen molar-refractivity contribution in [3.05, 3.63) is 108 Å². The van der Waals surface area contributed by atoms with E-state index in [2.05, 4.69) is 97.1 Å². The van der Waals surface area contributed by atoms with Crippen molar-refractivity contribution in [1.82, 2.24) is 5.32 Å². The molecule has 0 heterocycles. The summed E-state index contributed by atoms with van der Waals surface area (Å²) in [5, 5.41) is 5.59. The first-order valence-corrected chi connectivity index (χ1v) is 14.0. The van der Waals surface area contributed by atoms with Gasteiger partial charge in [0, 0.05) is 12.0 Å². The fraction of sp³-hybridized carbons (Fsp3) is 0.194. The van der Waals surface area contributed by atoms with Gasteiger partial charge in [-0.1, -0.05) is 99.8 Å². The Hall–Kier alpha value is -2.79. The van der Waals surface area contributed by atoms with Crippen LogP contribution in [0, 0.1) is 0 Å². The Morgan fingerprint density at radius 2 is 1.37 bits per heavy atom. The third kappa shape index (κ3) is 7.35. The predicted octanol–water partition coefficient (Wildman–Crippen LogP) is 9.32. The molecule has 3 aromatic rings. The van der Waals surface area contributed by atoms with E-state index in [1.165, 1.54) is 22.3 Å². The summed E-state index contributed by atoms with van der Waals surface area (Å²) in [5.41, 5.74) is 9.41. The number of hydrogen-bond acceptors (Lipinski definition) is 4. The minimum atomic E-state index is 0.292. The molecule has 4 heteroatoms. The molecule has 3 rings (SSSR count). The van der Waals surface area contributed by atoms with Crippen LogP contribution in [0.2, 0.25) is 0 Å². The molecule has 0 saturated carbocycles. The number of aliphatic imine (C=N–C) groups is 1. The Labute approximate surface area is 220 Å². The molecule has 35 heavy (non-hydrogen) atoms. The molecule has 182 valence electrons. The fourth-order valence-electron chi connectivity index (χ4n) is 3.85. The lowest BCUT2D eigenvalue weighted by atomic mass is 9.88. The Morgan fingerprint density at radius 3 is 1.80 bits per heavy atom. The molecule has 0 radical (unpaired) electrons. The highest BCUT2D eigenvalue weighted by molar-refractivity contribution is 8.01. The van der Waals surface area contributed by atoms with Gasteiger partial charge in [0.25, 0.3) is 0 Å². The van der Waals surface area contributed by atoms with Crippen LogP contribution >= 0.6 is 23.5 Å². The van der Waals surface area contributed by atoms with Gasteiger partial charge in [0.2, 0.25) is 0 Å². The predicted molar refractivity (Wildman–Crippen MR) is 164 cm³/mol. The number of nitrogens with one attached hydrogen (secondary N) is 1. The molecule has 1 N–H and O–H groups in total. The van der Waals surface area contributed by atoms with E-state index in [0.29, 0.717) is 5.37 Å². The van der Waals surface area contributed by atoms with Crippen molar-refractivity contribution in [2.45, 2.75) is 25.0 Å². The zero-order chi connectivity index (χ0) is 25.6. The topological polar surface area (TPSA) is 24.4 Å². The van der Waals surface area contributed by atoms with Crippen molar-refractivity contribution >= 4 is 42.4 Å². The first-order chi connectivity index (χ1) is 17.2. The minimum Gasteiger partial charge on any atom is -0.305 e. The van der Waals surface area contributed by atoms with Crippen LogP contribution in [0.25, 0.3) is 34.4 Å². The zero-order valence-corrected chi connectivity index (χ0v) is 22.9. The lowest BCUT2D eigenvalue weighted by Gasteiger charge is -2.17. The second-order valence-electron chi connectivity index (χ2n) is 7.40. The van der Waals surface area contributed by atoms with Gasteiger partial charge in [-0.25, -0.2) is 0 Å². The molecular weight excluding hydrogens is 464 g/mol. The monoisotopic (exact) mass is 500 g/mol. The van der Waals surface area contributed by atoms with E-state index in [4.69, 9.17) is 0 Å². The van der Waals surface area contributed by atoms with Gasteiger partial charge < -0.3 is 5.32 Å². The maximum Gasteiger partial charge on any atom is 0.0784 e. The Kier molecular flexibility index (Phi) is 12.4. The summed E-state index contributed by atoms with van der Waals surface area (Å²) in [6, 6.07) is 21.8. The number of thioether (sulfide) groups is 2. The van der Waals surface area contributed by atoms with E-state index >= 15 is 0 Å². The molecule has 0 aromatic heterocycles. The van der Waals surface area contributed by atoms with E-state index in [1.54, 1.807) is 29.7 Å². The molecule has 3 aromatic carbocycles. The SMILES string of the molecule is C=Cc1c(-c2ccc(CS/C=C\N=C)cc2)ccc(-c2ccc(C(NC)SC)cc2)c1C=C.CC. The van der Waals surface area contributed by atoms with Crippen LogP contribution in [0.1, 0.15) is 41.5 Å². The first kappa shape index (κ1) is 28.4. The van der Waals surface area contributed by atoms with Crippen molar-refractivity contribution < 1.29 is 0 Å². The van der Waals surface area contributed by atoms with Crippen molar-refractivity contribution in [2.75, 3.05) is 13.3 Å². The second-order valence-corrected chi connectivity index (χ2v) is 9.24. The Morgan fingerprint density at radius 1 is 0.857 bits per heavy atom. The smallest absolute Gasteiger partial charge is 0.0784 e. The third-order valence-corrected chi connectivity index (χ3v) is 7.29. The summed E-state index contributed by atoms with van der Waals surface area (Å²) in [6.07, 6.45) is 7.70. The largest absolute Gasteiger partial charge is 0.305 e. The summed E-state index contributed by atoms with van der Waals surface area (Å²) in [5.74, 6) is 0.901. The average molecular weight is 501 g/mol. The number of rotatable bonds is 11. The standard InChI is InChI=1S/C29H30N2S2.C2H6/c1-6-25-26(7-2)28(23-12-14-24(15-13-23)29(31-4)32-5)17-16-27(25)22-10-8-21(9-11-22)20-33-19-18-30-3;1-2/h6-19,29,31H,1-3,20H2,4-5H3;1-2H3/b19-18-;. The van der Waals surface area contributed by atoms with Gasteiger partial charge in [-0.05, 0) is 69.9 Å². The molecule has 0 fully saturated rings. The van der Waals surface area contributed by atoms with Gasteiger partial charge in [0.05, 0.1) is 5.37 Å². The van der Waals surface area contributed by atoms with Crippen molar-refractivity contribution in [2.24, 2.45) is 4.99 Å². The molecule has 0 spiro atoms. The fourth-order valence-corrected chi connectivity index (χ4v) is 5.17. The zero-order valence-electron chi connectivity index (χ0n) is 21.3. The third-order valence-electron chi connectivity index (χ3n) is 5.50. The highest BCUT2D eigenvalue weighted by atomic mass is 32.2. The second kappa shape index (κ2) is 15.3. The number of hydrogen-bond donors (Lipinski definition) is 1. The number of benzene rings is 3. The van der Waals surface area contributed by atoms with Gasteiger partial charge in [0.1, 0.15) is 0 Å². The lowest BCUT2D eigenvalue weighted by Crippen LogP contribution is -2.11. The molecule has 2 nitrogen and oxygen atoms in total. The van der Waals surface area contributed by atoms with Crippen LogP contribution in [-0.2, 0) is 5.75 Å². The summed E-state index contributed by atoms with van der Waals surface area (Å²) in [4.78, 5) is 3.73. The highest BCUT2D eigenvalue weighted by Crippen LogP contribution is 2.36. The van der Waals surface area contributed by atoms with Gasteiger partial charge in [-0.15, -0.1) is 23.5 Å². The van der Waals surface area contributed by atoms with E-state index in [-0.39, 0.29) is 0 Å². The van der Waals surface area contributed by atoms with Crippen LogP contribution in [0.4, 0.5) is 0 Å². The average Bonchev–Trinajstić information content (AvgIpc) is 2.93. The molecule has 0 aliphatic carbocycles. The molecule has 1 atom stereocenters. The maximum absolute atomic E-state index is 4.11. The quantitative estimate of drug-likeness (QED) is 0.210. The lowest BCUT2D eigenvalue weighted by molar-refractivity contribution is 0.797. The Bertz CT molecular complexity index is 1130. The van der Waals surface area contributed by atoms with E-state index in [1.807, 2.05) is 38.5 Å². The Balaban J connectivity index is 0.00000210. The van der Waals surface area contributed by atoms with Crippen LogP contribution < -0.4 is 5.32 Å². The van der Waals surface area contributed by atoms with E-state index in [0.717, 1.165) is 28.0 Å². The van der Waals surface area contributed by atoms with Gasteiger partial charge >= 0.3 is 0 Å². The van der Waals surface area contributed by atoms with Gasteiger partial charge in [-0.3, -0.25) is 4.99 Å². The first-order valence-electron chi connectivity index (χ1n) is 11.7. The molecular formula is C31H36N2S2. The molecule has 0 aliphatic rings. The van der Waals surface area contributed by atoms with Crippen molar-refractivity contribution in [3.63, 3.8) is 0 Å². The summed E-state index contributed by atoms with van der Waals surface area (Å²) in [6.45, 7) is 15.7. The van der Waals surface area contributed by atoms with Gasteiger partial charge in [0.15, 0.2) is 0 Å². The molecule has 0 saturated heterocycles. The molecule has 0 bridgehead atoms. The minimum absolute atomic E-state index is 0.292. The highest BCUT2D eigenvalue weighted by Gasteiger charge is 2.13. The van der Waals surface area contributed by atoms with Crippen molar-refractivity contribution in [1.29, 1.82) is 0 Å². The van der Waals surface area contributed by atoms with E-state index in [9.17, 15) is 0 Å². The van der Waals surface area contributed by atoms with Crippen LogP contribution in [0.3, 0.4) is 0 Å². The summed E-state index contributed by atoms with van der Waals surface area (Å²) in [7, 11) is 1.99. The number of nitrogens with zero attached hydrogens (tertiary/aromatic N) is 1. The molecule has 0 aliphatic heterocycles. The van der Waals surface area contributed by atoms with Crippen molar-refractivity contribution in [3.8, 4) is 22.3 Å². The maximum atomic E-state index is 4.11. The summed E-state index contributed by atoms with van der Waals surface area (Å²) < 4.78 is 0. The molecule has 1 unspecified atom stereocenters. The van der Waals surface area contributed by atoms with Crippen LogP contribution in [0.5, 0.6) is 0 Å². The van der Waals surface area contributed by atoms with E-state index < -0.39 is 0 Å². The summed E-state index contributed by atoms with van der Waals surface area (Å²) >= 11 is 3.50. The van der Waals surface area contributed by atoms with Crippen LogP contribution in [0.15, 0.2) is 90.4 Å². The van der Waals surface area contributed by atoms with Gasteiger partial charge in [-0.2, -0.15) is 0 Å². The molecule has 0 amide bonds. The normalized spacial score (nSPS) is 11.4.